The van der Waals surface area contributed by atoms with Crippen molar-refractivity contribution in [3.8, 4) is 0 Å². The minimum Gasteiger partial charge on any atom is -0.476 e. The summed E-state index contributed by atoms with van der Waals surface area (Å²) >= 11 is 6.39. The largest absolute Gasteiger partial charge is 0.476 e. The van der Waals surface area contributed by atoms with Crippen LogP contribution in [0.5, 0.6) is 0 Å². The van der Waals surface area contributed by atoms with E-state index in [1.54, 1.807) is 4.90 Å². The number of fused-ring (bicyclic) bond motifs is 2. The Hall–Kier alpha value is -2.62. The van der Waals surface area contributed by atoms with Gasteiger partial charge in [0.1, 0.15) is 0 Å². The Balaban J connectivity index is 1.24. The number of benzene rings is 1. The van der Waals surface area contributed by atoms with E-state index in [4.69, 9.17) is 21.4 Å². The first-order chi connectivity index (χ1) is 16.0. The second-order valence-electron chi connectivity index (χ2n) is 9.04. The maximum absolute atomic E-state index is 12.7. The summed E-state index contributed by atoms with van der Waals surface area (Å²) in [5.41, 5.74) is 2.30. The number of aromatic carboxylic acids is 1. The van der Waals surface area contributed by atoms with Crippen molar-refractivity contribution in [3.63, 3.8) is 0 Å². The van der Waals surface area contributed by atoms with Gasteiger partial charge >= 0.3 is 12.0 Å². The van der Waals surface area contributed by atoms with Gasteiger partial charge in [-0.25, -0.2) is 9.59 Å². The molecule has 1 aromatic carbocycles. The first-order valence-electron chi connectivity index (χ1n) is 11.4. The smallest absolute Gasteiger partial charge is 0.356 e. The second-order valence-corrected chi connectivity index (χ2v) is 9.48. The molecular weight excluding hydrogens is 446 g/mol. The molecule has 2 atom stereocenters. The lowest BCUT2D eigenvalue weighted by atomic mass is 10.0. The molecule has 2 aromatic rings. The quantitative estimate of drug-likeness (QED) is 0.729. The number of rotatable bonds is 4. The van der Waals surface area contributed by atoms with Crippen molar-refractivity contribution in [1.82, 2.24) is 19.6 Å². The SMILES string of the molecule is O=C(O)c1ccn(C(=O)N2CCN(Cc3ccc(Cl)cc3N3CC4CCOCC3C4)CC2)n1. The van der Waals surface area contributed by atoms with Crippen molar-refractivity contribution in [3.05, 3.63) is 46.7 Å². The molecule has 3 aliphatic heterocycles. The highest BCUT2D eigenvalue weighted by Gasteiger charge is 2.35. The number of hydrogen-bond acceptors (Lipinski definition) is 6. The van der Waals surface area contributed by atoms with Crippen LogP contribution in [0.3, 0.4) is 0 Å². The Morgan fingerprint density at radius 1 is 1.18 bits per heavy atom. The number of halogens is 1. The summed E-state index contributed by atoms with van der Waals surface area (Å²) in [6.07, 6.45) is 3.68. The van der Waals surface area contributed by atoms with Crippen LogP contribution in [0.4, 0.5) is 10.5 Å². The Morgan fingerprint density at radius 2 is 2.00 bits per heavy atom. The average Bonchev–Trinajstić information content (AvgIpc) is 3.38. The third-order valence-electron chi connectivity index (χ3n) is 6.88. The molecule has 2 unspecified atom stereocenters. The Morgan fingerprint density at radius 3 is 2.76 bits per heavy atom. The van der Waals surface area contributed by atoms with Gasteiger partial charge in [-0.2, -0.15) is 9.78 Å². The summed E-state index contributed by atoms with van der Waals surface area (Å²) in [6.45, 7) is 6.04. The van der Waals surface area contributed by atoms with Crippen molar-refractivity contribution in [2.45, 2.75) is 25.4 Å². The van der Waals surface area contributed by atoms with Gasteiger partial charge in [0.15, 0.2) is 5.69 Å². The standard InChI is InChI=1S/C23H28ClN5O4/c24-18-2-1-17(21(12-18)28-13-16-4-10-33-15-19(28)11-16)14-26-6-8-27(9-7-26)23(32)29-5-3-20(25-29)22(30)31/h1-3,5,12,16,19H,4,6-11,13-15H2,(H,30,31). The molecule has 4 heterocycles. The van der Waals surface area contributed by atoms with Crippen LogP contribution in [0.15, 0.2) is 30.5 Å². The number of carboxylic acid groups (broad SMARTS) is 1. The highest BCUT2D eigenvalue weighted by molar-refractivity contribution is 6.30. The van der Waals surface area contributed by atoms with Gasteiger partial charge in [0.2, 0.25) is 0 Å². The molecule has 3 aliphatic rings. The zero-order chi connectivity index (χ0) is 22.9. The van der Waals surface area contributed by atoms with Crippen molar-refractivity contribution in [2.75, 3.05) is 50.8 Å². The summed E-state index contributed by atoms with van der Waals surface area (Å²) in [5, 5.41) is 13.6. The van der Waals surface area contributed by atoms with Gasteiger partial charge in [-0.1, -0.05) is 17.7 Å². The van der Waals surface area contributed by atoms with E-state index < -0.39 is 5.97 Å². The van der Waals surface area contributed by atoms with Crippen LogP contribution in [-0.4, -0.2) is 88.7 Å². The number of carbonyl (C=O) groups excluding carboxylic acids is 1. The number of amides is 1. The molecule has 0 saturated carbocycles. The molecule has 1 aromatic heterocycles. The number of hydrogen-bond donors (Lipinski definition) is 1. The van der Waals surface area contributed by atoms with Crippen LogP contribution in [0, 0.1) is 5.92 Å². The molecule has 33 heavy (non-hydrogen) atoms. The van der Waals surface area contributed by atoms with Crippen molar-refractivity contribution >= 4 is 29.3 Å². The minimum atomic E-state index is -1.14. The normalized spacial score (nSPS) is 23.5. The summed E-state index contributed by atoms with van der Waals surface area (Å²) in [7, 11) is 0. The van der Waals surface area contributed by atoms with E-state index in [9.17, 15) is 9.59 Å². The first-order valence-corrected chi connectivity index (χ1v) is 11.8. The van der Waals surface area contributed by atoms with Gasteiger partial charge in [-0.3, -0.25) is 4.90 Å². The fourth-order valence-corrected chi connectivity index (χ4v) is 5.28. The van der Waals surface area contributed by atoms with Crippen LogP contribution in [0.25, 0.3) is 0 Å². The fraction of sp³-hybridized carbons (Fsp3) is 0.522. The molecular formula is C23H28ClN5O4. The predicted molar refractivity (Wildman–Crippen MR) is 123 cm³/mol. The van der Waals surface area contributed by atoms with Gasteiger partial charge in [0, 0.05) is 62.8 Å². The van der Waals surface area contributed by atoms with E-state index >= 15 is 0 Å². The third kappa shape index (κ3) is 4.71. The summed E-state index contributed by atoms with van der Waals surface area (Å²) in [6, 6.07) is 7.57. The molecule has 1 amide bonds. The van der Waals surface area contributed by atoms with E-state index in [0.717, 1.165) is 55.5 Å². The fourth-order valence-electron chi connectivity index (χ4n) is 5.11. The number of piperazine rings is 1. The summed E-state index contributed by atoms with van der Waals surface area (Å²) in [5.74, 6) is -0.475. The zero-order valence-corrected chi connectivity index (χ0v) is 19.2. The first kappa shape index (κ1) is 22.2. The molecule has 1 N–H and O–H groups in total. The molecule has 176 valence electrons. The van der Waals surface area contributed by atoms with E-state index in [0.29, 0.717) is 25.0 Å². The lowest BCUT2D eigenvalue weighted by Crippen LogP contribution is -2.49. The average molecular weight is 474 g/mol. The van der Waals surface area contributed by atoms with E-state index in [1.807, 2.05) is 6.07 Å². The monoisotopic (exact) mass is 473 g/mol. The van der Waals surface area contributed by atoms with Crippen LogP contribution in [-0.2, 0) is 11.3 Å². The topological polar surface area (TPSA) is 91.1 Å². The van der Waals surface area contributed by atoms with Crippen LogP contribution in [0.1, 0.15) is 28.9 Å². The molecule has 0 aliphatic carbocycles. The van der Waals surface area contributed by atoms with Crippen LogP contribution in [0.2, 0.25) is 5.02 Å². The van der Waals surface area contributed by atoms with E-state index in [2.05, 4.69) is 27.0 Å². The van der Waals surface area contributed by atoms with Crippen molar-refractivity contribution < 1.29 is 19.4 Å². The van der Waals surface area contributed by atoms with E-state index in [1.165, 1.54) is 29.9 Å². The molecule has 2 bridgehead atoms. The van der Waals surface area contributed by atoms with Crippen molar-refractivity contribution in [2.24, 2.45) is 5.92 Å². The lowest BCUT2D eigenvalue weighted by molar-refractivity contribution is 0.0689. The Labute approximate surface area is 197 Å². The van der Waals surface area contributed by atoms with Gasteiger partial charge in [-0.05, 0) is 42.5 Å². The van der Waals surface area contributed by atoms with Gasteiger partial charge in [-0.15, -0.1) is 0 Å². The second kappa shape index (κ2) is 9.32. The van der Waals surface area contributed by atoms with Gasteiger partial charge in [0.25, 0.3) is 0 Å². The molecule has 5 rings (SSSR count). The maximum Gasteiger partial charge on any atom is 0.356 e. The summed E-state index contributed by atoms with van der Waals surface area (Å²) < 4.78 is 6.93. The van der Waals surface area contributed by atoms with Crippen LogP contribution >= 0.6 is 11.6 Å². The number of carboxylic acids is 1. The molecule has 9 nitrogen and oxygen atoms in total. The minimum absolute atomic E-state index is 0.134. The molecule has 0 radical (unpaired) electrons. The van der Waals surface area contributed by atoms with Crippen LogP contribution < -0.4 is 4.90 Å². The lowest BCUT2D eigenvalue weighted by Gasteiger charge is -2.36. The predicted octanol–water partition coefficient (Wildman–Crippen LogP) is 2.64. The molecule has 10 heteroatoms. The van der Waals surface area contributed by atoms with Gasteiger partial charge in [0.05, 0.1) is 12.6 Å². The number of nitrogens with zero attached hydrogens (tertiary/aromatic N) is 5. The highest BCUT2D eigenvalue weighted by atomic mass is 35.5. The third-order valence-corrected chi connectivity index (χ3v) is 7.11. The molecule has 3 fully saturated rings. The highest BCUT2D eigenvalue weighted by Crippen LogP contribution is 2.36. The zero-order valence-electron chi connectivity index (χ0n) is 18.4. The Kier molecular flexibility index (Phi) is 6.27. The Bertz CT molecular complexity index is 1040. The molecule has 3 saturated heterocycles. The maximum atomic E-state index is 12.7. The van der Waals surface area contributed by atoms with E-state index in [-0.39, 0.29) is 11.7 Å². The number of aromatic nitrogens is 2. The summed E-state index contributed by atoms with van der Waals surface area (Å²) in [4.78, 5) is 30.2. The molecule has 0 spiro atoms. The van der Waals surface area contributed by atoms with Gasteiger partial charge < -0.3 is 19.6 Å². The number of ether oxygens (including phenoxy) is 1. The van der Waals surface area contributed by atoms with Crippen molar-refractivity contribution in [1.29, 1.82) is 0 Å². The number of anilines is 1. The number of carbonyl (C=O) groups is 2.